The third kappa shape index (κ3) is 3.46. The lowest BCUT2D eigenvalue weighted by Gasteiger charge is -2.06. The van der Waals surface area contributed by atoms with E-state index in [-0.39, 0.29) is 5.91 Å². The molecular formula is C13H8BrClINO. The zero-order chi connectivity index (χ0) is 13.1. The highest BCUT2D eigenvalue weighted by atomic mass is 127. The van der Waals surface area contributed by atoms with Gasteiger partial charge in [-0.15, -0.1) is 0 Å². The molecule has 0 aliphatic carbocycles. The third-order valence-electron chi connectivity index (χ3n) is 2.26. The van der Waals surface area contributed by atoms with E-state index in [1.54, 1.807) is 18.2 Å². The first kappa shape index (κ1) is 13.8. The molecule has 0 aromatic heterocycles. The third-order valence-corrected chi connectivity index (χ3v) is 4.15. The quantitative estimate of drug-likeness (QED) is 0.663. The predicted octanol–water partition coefficient (Wildman–Crippen LogP) is 4.96. The van der Waals surface area contributed by atoms with Gasteiger partial charge in [0, 0.05) is 19.3 Å². The van der Waals surface area contributed by atoms with Crippen molar-refractivity contribution in [3.8, 4) is 0 Å². The van der Waals surface area contributed by atoms with Gasteiger partial charge in [0.1, 0.15) is 0 Å². The van der Waals surface area contributed by atoms with Crippen LogP contribution in [0.3, 0.4) is 0 Å². The molecule has 0 atom stereocenters. The molecule has 0 bridgehead atoms. The molecule has 0 radical (unpaired) electrons. The summed E-state index contributed by atoms with van der Waals surface area (Å²) in [6.45, 7) is 0. The number of amides is 1. The van der Waals surface area contributed by atoms with Gasteiger partial charge in [0.05, 0.1) is 5.02 Å². The molecule has 0 heterocycles. The number of benzene rings is 2. The van der Waals surface area contributed by atoms with Crippen LogP contribution in [0.4, 0.5) is 5.69 Å². The second-order valence-electron chi connectivity index (χ2n) is 3.59. The minimum atomic E-state index is -0.158. The summed E-state index contributed by atoms with van der Waals surface area (Å²) in [4.78, 5) is 12.0. The Kier molecular flexibility index (Phi) is 4.64. The van der Waals surface area contributed by atoms with Crippen LogP contribution in [0.15, 0.2) is 46.9 Å². The molecule has 0 saturated carbocycles. The standard InChI is InChI=1S/C13H8BrClINO/c14-11-6-8(4-5-12(11)15)13(18)17-10-3-1-2-9(16)7-10/h1-7H,(H,17,18). The van der Waals surface area contributed by atoms with E-state index in [4.69, 9.17) is 11.6 Å². The summed E-state index contributed by atoms with van der Waals surface area (Å²) in [7, 11) is 0. The number of halogens is 3. The van der Waals surface area contributed by atoms with Crippen LogP contribution in [0.1, 0.15) is 10.4 Å². The second-order valence-corrected chi connectivity index (χ2v) is 6.10. The lowest BCUT2D eigenvalue weighted by molar-refractivity contribution is 0.102. The first-order valence-electron chi connectivity index (χ1n) is 5.08. The zero-order valence-electron chi connectivity index (χ0n) is 9.08. The zero-order valence-corrected chi connectivity index (χ0v) is 13.6. The van der Waals surface area contributed by atoms with Gasteiger partial charge in [-0.3, -0.25) is 4.79 Å². The number of rotatable bonds is 2. The Labute approximate surface area is 132 Å². The van der Waals surface area contributed by atoms with Gasteiger partial charge >= 0.3 is 0 Å². The first-order valence-corrected chi connectivity index (χ1v) is 7.33. The molecule has 0 aliphatic heterocycles. The van der Waals surface area contributed by atoms with E-state index in [1.807, 2.05) is 24.3 Å². The van der Waals surface area contributed by atoms with Crippen molar-refractivity contribution in [1.29, 1.82) is 0 Å². The number of anilines is 1. The summed E-state index contributed by atoms with van der Waals surface area (Å²) in [5.74, 6) is -0.158. The molecule has 2 aromatic carbocycles. The Morgan fingerprint density at radius 1 is 1.22 bits per heavy atom. The molecule has 0 saturated heterocycles. The average molecular weight is 436 g/mol. The Bertz CT molecular complexity index is 603. The molecule has 0 unspecified atom stereocenters. The smallest absolute Gasteiger partial charge is 0.255 e. The maximum absolute atomic E-state index is 12.0. The fourth-order valence-corrected chi connectivity index (χ4v) is 2.45. The molecule has 0 aliphatic rings. The Morgan fingerprint density at radius 3 is 2.67 bits per heavy atom. The van der Waals surface area contributed by atoms with Crippen molar-refractivity contribution in [2.45, 2.75) is 0 Å². The number of hydrogen-bond acceptors (Lipinski definition) is 1. The van der Waals surface area contributed by atoms with Crippen LogP contribution in [-0.2, 0) is 0 Å². The van der Waals surface area contributed by atoms with Gasteiger partial charge < -0.3 is 5.32 Å². The lowest BCUT2D eigenvalue weighted by Crippen LogP contribution is -2.11. The van der Waals surface area contributed by atoms with E-state index in [1.165, 1.54) is 0 Å². The average Bonchev–Trinajstić information content (AvgIpc) is 2.32. The van der Waals surface area contributed by atoms with Crippen molar-refractivity contribution < 1.29 is 4.79 Å². The molecule has 1 amide bonds. The van der Waals surface area contributed by atoms with E-state index in [0.717, 1.165) is 9.26 Å². The maximum atomic E-state index is 12.0. The molecule has 0 fully saturated rings. The fraction of sp³-hybridized carbons (Fsp3) is 0. The minimum Gasteiger partial charge on any atom is -0.322 e. The number of hydrogen-bond donors (Lipinski definition) is 1. The van der Waals surface area contributed by atoms with Crippen LogP contribution in [0.2, 0.25) is 5.02 Å². The highest BCUT2D eigenvalue weighted by Crippen LogP contribution is 2.23. The molecule has 1 N–H and O–H groups in total. The first-order chi connectivity index (χ1) is 8.56. The monoisotopic (exact) mass is 435 g/mol. The van der Waals surface area contributed by atoms with E-state index < -0.39 is 0 Å². The van der Waals surface area contributed by atoms with Crippen molar-refractivity contribution in [3.05, 3.63) is 61.1 Å². The molecule has 92 valence electrons. The van der Waals surface area contributed by atoms with Crippen molar-refractivity contribution in [3.63, 3.8) is 0 Å². The van der Waals surface area contributed by atoms with Gasteiger partial charge in [-0.1, -0.05) is 17.7 Å². The van der Waals surface area contributed by atoms with Crippen molar-refractivity contribution in [2.75, 3.05) is 5.32 Å². The summed E-state index contributed by atoms with van der Waals surface area (Å²) >= 11 is 11.4. The van der Waals surface area contributed by atoms with E-state index in [2.05, 4.69) is 43.8 Å². The maximum Gasteiger partial charge on any atom is 0.255 e. The highest BCUT2D eigenvalue weighted by Gasteiger charge is 2.08. The summed E-state index contributed by atoms with van der Waals surface area (Å²) in [5.41, 5.74) is 1.34. The molecule has 18 heavy (non-hydrogen) atoms. The van der Waals surface area contributed by atoms with Crippen LogP contribution >= 0.6 is 50.1 Å². The normalized spacial score (nSPS) is 10.2. The largest absolute Gasteiger partial charge is 0.322 e. The fourth-order valence-electron chi connectivity index (χ4n) is 1.41. The Hall–Kier alpha value is -0.590. The molecule has 5 heteroatoms. The summed E-state index contributed by atoms with van der Waals surface area (Å²) in [5, 5.41) is 3.42. The van der Waals surface area contributed by atoms with Crippen molar-refractivity contribution >= 4 is 61.7 Å². The van der Waals surface area contributed by atoms with Gasteiger partial charge in [0.15, 0.2) is 0 Å². The molecular weight excluding hydrogens is 428 g/mol. The van der Waals surface area contributed by atoms with Gasteiger partial charge in [-0.05, 0) is 74.9 Å². The van der Waals surface area contributed by atoms with E-state index in [0.29, 0.717) is 15.1 Å². The molecule has 0 spiro atoms. The van der Waals surface area contributed by atoms with E-state index in [9.17, 15) is 4.79 Å². The Balaban J connectivity index is 2.19. The summed E-state index contributed by atoms with van der Waals surface area (Å²) in [6.07, 6.45) is 0. The van der Waals surface area contributed by atoms with Gasteiger partial charge in [-0.2, -0.15) is 0 Å². The van der Waals surface area contributed by atoms with Crippen molar-refractivity contribution in [2.24, 2.45) is 0 Å². The predicted molar refractivity (Wildman–Crippen MR) is 86.3 cm³/mol. The summed E-state index contributed by atoms with van der Waals surface area (Å²) in [6, 6.07) is 12.7. The topological polar surface area (TPSA) is 29.1 Å². The van der Waals surface area contributed by atoms with Crippen molar-refractivity contribution in [1.82, 2.24) is 0 Å². The van der Waals surface area contributed by atoms with Crippen LogP contribution < -0.4 is 5.32 Å². The Morgan fingerprint density at radius 2 is 2.00 bits per heavy atom. The SMILES string of the molecule is O=C(Nc1cccc(I)c1)c1ccc(Cl)c(Br)c1. The summed E-state index contributed by atoms with van der Waals surface area (Å²) < 4.78 is 1.78. The molecule has 2 nitrogen and oxygen atoms in total. The van der Waals surface area contributed by atoms with Crippen LogP contribution in [-0.4, -0.2) is 5.91 Å². The van der Waals surface area contributed by atoms with Gasteiger partial charge in [-0.25, -0.2) is 0 Å². The number of carbonyl (C=O) groups is 1. The number of nitrogens with one attached hydrogen (secondary N) is 1. The minimum absolute atomic E-state index is 0.158. The molecule has 2 rings (SSSR count). The van der Waals surface area contributed by atoms with Crippen LogP contribution in [0.25, 0.3) is 0 Å². The second kappa shape index (κ2) is 6.04. The number of carbonyl (C=O) groups excluding carboxylic acids is 1. The van der Waals surface area contributed by atoms with Gasteiger partial charge in [0.25, 0.3) is 5.91 Å². The highest BCUT2D eigenvalue weighted by molar-refractivity contribution is 14.1. The van der Waals surface area contributed by atoms with E-state index >= 15 is 0 Å². The van der Waals surface area contributed by atoms with Gasteiger partial charge in [0.2, 0.25) is 0 Å². The van der Waals surface area contributed by atoms with Crippen LogP contribution in [0.5, 0.6) is 0 Å². The van der Waals surface area contributed by atoms with Crippen LogP contribution in [0, 0.1) is 3.57 Å². The lowest BCUT2D eigenvalue weighted by atomic mass is 10.2. The molecule has 2 aromatic rings.